The van der Waals surface area contributed by atoms with Crippen LogP contribution in [0.3, 0.4) is 0 Å². The van der Waals surface area contributed by atoms with Gasteiger partial charge in [-0.3, -0.25) is 9.63 Å². The van der Waals surface area contributed by atoms with Crippen molar-refractivity contribution in [2.45, 2.75) is 6.42 Å². The van der Waals surface area contributed by atoms with Gasteiger partial charge in [-0.05, 0) is 24.1 Å². The Morgan fingerprint density at radius 3 is 2.70 bits per heavy atom. The average Bonchev–Trinajstić information content (AvgIpc) is 2.36. The highest BCUT2D eigenvalue weighted by Gasteiger charge is 2.07. The van der Waals surface area contributed by atoms with E-state index in [2.05, 4.69) is 0 Å². The molecule has 0 aliphatic heterocycles. The van der Waals surface area contributed by atoms with Gasteiger partial charge in [0.2, 0.25) is 5.76 Å². The molecule has 8 heteroatoms. The number of carboxylic acid groups (broad SMARTS) is 1. The quantitative estimate of drug-likeness (QED) is 0.321. The first-order valence-electron chi connectivity index (χ1n) is 5.40. The molecule has 0 radical (unpaired) electrons. The number of hydrogen-bond donors (Lipinski definition) is 3. The van der Waals surface area contributed by atoms with Gasteiger partial charge in [-0.15, -0.1) is 0 Å². The largest absolute Gasteiger partial charge is 0.502 e. The number of benzene rings is 1. The Balaban J connectivity index is 2.37. The molecule has 20 heavy (non-hydrogen) atoms. The Hall–Kier alpha value is -2.12. The fourth-order valence-corrected chi connectivity index (χ4v) is 1.48. The summed E-state index contributed by atoms with van der Waals surface area (Å²) in [5.74, 6) is -4.11. The van der Waals surface area contributed by atoms with Crippen LogP contribution < -0.4 is 5.48 Å². The number of rotatable bonds is 6. The summed E-state index contributed by atoms with van der Waals surface area (Å²) in [6.45, 7) is 0.0404. The third-order valence-electron chi connectivity index (χ3n) is 2.15. The van der Waals surface area contributed by atoms with Crippen LogP contribution in [0.4, 0.5) is 4.39 Å². The van der Waals surface area contributed by atoms with Crippen LogP contribution in [0.2, 0.25) is 5.02 Å². The summed E-state index contributed by atoms with van der Waals surface area (Å²) in [4.78, 5) is 26.1. The number of aliphatic hydroxyl groups is 1. The fraction of sp³-hybridized carbons (Fsp3) is 0.167. The lowest BCUT2D eigenvalue weighted by molar-refractivity contribution is -0.136. The molecule has 0 aromatic heterocycles. The van der Waals surface area contributed by atoms with E-state index in [0.717, 1.165) is 6.07 Å². The first-order valence-corrected chi connectivity index (χ1v) is 5.77. The summed E-state index contributed by atoms with van der Waals surface area (Å²) in [6.07, 6.45) is 0.779. The molecular weight excluding hydrogens is 293 g/mol. The van der Waals surface area contributed by atoms with Crippen molar-refractivity contribution in [1.82, 2.24) is 5.48 Å². The van der Waals surface area contributed by atoms with E-state index in [1.165, 1.54) is 12.1 Å². The standard InChI is InChI=1S/C12H11ClFNO5/c13-9-5-8(14)2-1-7(9)3-4-20-15-11(17)6-10(16)12(18)19/h1-2,5-6,16H,3-4H2,(H,15,17)(H,18,19). The summed E-state index contributed by atoms with van der Waals surface area (Å²) in [7, 11) is 0. The summed E-state index contributed by atoms with van der Waals surface area (Å²) >= 11 is 5.78. The molecule has 0 spiro atoms. The number of carbonyl (C=O) groups is 2. The maximum absolute atomic E-state index is 12.8. The van der Waals surface area contributed by atoms with Crippen molar-refractivity contribution >= 4 is 23.5 Å². The first kappa shape index (κ1) is 15.9. The minimum Gasteiger partial charge on any atom is -0.502 e. The van der Waals surface area contributed by atoms with Crippen LogP contribution >= 0.6 is 11.6 Å². The second-order valence-corrected chi connectivity index (χ2v) is 4.04. The van der Waals surface area contributed by atoms with Crippen LogP contribution in [0.1, 0.15) is 5.56 Å². The molecule has 0 heterocycles. The van der Waals surface area contributed by atoms with E-state index in [9.17, 15) is 14.0 Å². The van der Waals surface area contributed by atoms with Gasteiger partial charge >= 0.3 is 5.97 Å². The summed E-state index contributed by atoms with van der Waals surface area (Å²) in [5.41, 5.74) is 2.54. The molecule has 0 atom stereocenters. The highest BCUT2D eigenvalue weighted by Crippen LogP contribution is 2.17. The molecule has 0 aliphatic rings. The van der Waals surface area contributed by atoms with E-state index in [1.807, 2.05) is 5.48 Å². The normalized spacial score (nSPS) is 11.2. The Bertz CT molecular complexity index is 547. The predicted molar refractivity (Wildman–Crippen MR) is 67.6 cm³/mol. The lowest BCUT2D eigenvalue weighted by Gasteiger charge is -2.05. The van der Waals surface area contributed by atoms with Gasteiger partial charge in [0.05, 0.1) is 12.7 Å². The number of amides is 1. The van der Waals surface area contributed by atoms with E-state index in [-0.39, 0.29) is 11.6 Å². The molecule has 0 unspecified atom stereocenters. The Kier molecular flexibility index (Phi) is 5.95. The van der Waals surface area contributed by atoms with Gasteiger partial charge in [0.25, 0.3) is 5.91 Å². The van der Waals surface area contributed by atoms with E-state index in [0.29, 0.717) is 18.1 Å². The lowest BCUT2D eigenvalue weighted by Crippen LogP contribution is -2.23. The Morgan fingerprint density at radius 2 is 2.10 bits per heavy atom. The number of carboxylic acids is 1. The van der Waals surface area contributed by atoms with Crippen LogP contribution in [0.5, 0.6) is 0 Å². The van der Waals surface area contributed by atoms with E-state index in [4.69, 9.17) is 26.7 Å². The van der Waals surface area contributed by atoms with E-state index >= 15 is 0 Å². The molecule has 108 valence electrons. The number of nitrogens with one attached hydrogen (secondary N) is 1. The van der Waals surface area contributed by atoms with Crippen LogP contribution in [0, 0.1) is 5.82 Å². The van der Waals surface area contributed by atoms with Crippen LogP contribution in [0.15, 0.2) is 30.0 Å². The van der Waals surface area contributed by atoms with Gasteiger partial charge in [-0.25, -0.2) is 14.7 Å². The highest BCUT2D eigenvalue weighted by molar-refractivity contribution is 6.31. The monoisotopic (exact) mass is 303 g/mol. The second-order valence-electron chi connectivity index (χ2n) is 3.64. The SMILES string of the molecule is O=C(C=C(O)C(=O)O)NOCCc1ccc(F)cc1Cl. The minimum atomic E-state index is -1.63. The molecule has 3 N–H and O–H groups in total. The van der Waals surface area contributed by atoms with Gasteiger partial charge in [-0.2, -0.15) is 0 Å². The number of aliphatic hydroxyl groups excluding tert-OH is 1. The molecule has 1 aromatic rings. The topological polar surface area (TPSA) is 95.9 Å². The zero-order chi connectivity index (χ0) is 15.1. The van der Waals surface area contributed by atoms with Crippen molar-refractivity contribution in [2.75, 3.05) is 6.61 Å². The number of aliphatic carboxylic acids is 1. The molecule has 0 aliphatic carbocycles. The lowest BCUT2D eigenvalue weighted by atomic mass is 10.1. The van der Waals surface area contributed by atoms with E-state index < -0.39 is 23.5 Å². The van der Waals surface area contributed by atoms with Crippen molar-refractivity contribution in [1.29, 1.82) is 0 Å². The van der Waals surface area contributed by atoms with Crippen molar-refractivity contribution in [3.8, 4) is 0 Å². The molecule has 0 bridgehead atoms. The fourth-order valence-electron chi connectivity index (χ4n) is 1.22. The molecule has 6 nitrogen and oxygen atoms in total. The van der Waals surface area contributed by atoms with Gasteiger partial charge in [-0.1, -0.05) is 17.7 Å². The molecule has 0 saturated heterocycles. The number of hydrogen-bond acceptors (Lipinski definition) is 4. The summed E-state index contributed by atoms with van der Waals surface area (Å²) in [5, 5.41) is 17.3. The third-order valence-corrected chi connectivity index (χ3v) is 2.50. The van der Waals surface area contributed by atoms with Crippen LogP contribution in [-0.4, -0.2) is 28.7 Å². The smallest absolute Gasteiger partial charge is 0.371 e. The maximum Gasteiger partial charge on any atom is 0.371 e. The van der Waals surface area contributed by atoms with Crippen molar-refractivity contribution < 1.29 is 29.0 Å². The number of hydroxylamine groups is 1. The van der Waals surface area contributed by atoms with Crippen molar-refractivity contribution in [3.05, 3.63) is 46.4 Å². The van der Waals surface area contributed by atoms with Crippen LogP contribution in [-0.2, 0) is 20.8 Å². The molecule has 1 amide bonds. The Labute approximate surface area is 118 Å². The number of halogens is 2. The van der Waals surface area contributed by atoms with Gasteiger partial charge in [0.1, 0.15) is 5.82 Å². The first-order chi connectivity index (χ1) is 9.40. The third kappa shape index (κ3) is 5.25. The average molecular weight is 304 g/mol. The summed E-state index contributed by atoms with van der Waals surface area (Å²) < 4.78 is 12.8. The van der Waals surface area contributed by atoms with Crippen molar-refractivity contribution in [3.63, 3.8) is 0 Å². The van der Waals surface area contributed by atoms with Gasteiger partial charge in [0.15, 0.2) is 0 Å². The predicted octanol–water partition coefficient (Wildman–Crippen LogP) is 1.60. The zero-order valence-corrected chi connectivity index (χ0v) is 10.9. The molecular formula is C12H11ClFNO5. The molecule has 1 aromatic carbocycles. The van der Waals surface area contributed by atoms with Crippen LogP contribution in [0.25, 0.3) is 0 Å². The van der Waals surface area contributed by atoms with Crippen molar-refractivity contribution in [2.24, 2.45) is 0 Å². The van der Waals surface area contributed by atoms with Gasteiger partial charge < -0.3 is 10.2 Å². The molecule has 0 saturated carbocycles. The van der Waals surface area contributed by atoms with E-state index in [1.54, 1.807) is 0 Å². The molecule has 0 fully saturated rings. The van der Waals surface area contributed by atoms with Gasteiger partial charge in [0, 0.05) is 5.02 Å². The highest BCUT2D eigenvalue weighted by atomic mass is 35.5. The zero-order valence-electron chi connectivity index (χ0n) is 10.1. The molecule has 1 rings (SSSR count). The number of carbonyl (C=O) groups excluding carboxylic acids is 1. The summed E-state index contributed by atoms with van der Waals surface area (Å²) in [6, 6.07) is 3.88. The maximum atomic E-state index is 12.8. The Morgan fingerprint density at radius 1 is 1.40 bits per heavy atom. The second kappa shape index (κ2) is 7.46. The minimum absolute atomic E-state index is 0.0404.